The summed E-state index contributed by atoms with van der Waals surface area (Å²) >= 11 is 1.77. The molecule has 3 nitrogen and oxygen atoms in total. The van der Waals surface area contributed by atoms with Gasteiger partial charge in [0.25, 0.3) is 0 Å². The van der Waals surface area contributed by atoms with E-state index in [9.17, 15) is 0 Å². The van der Waals surface area contributed by atoms with E-state index < -0.39 is 0 Å². The van der Waals surface area contributed by atoms with Crippen molar-refractivity contribution >= 4 is 11.3 Å². The predicted octanol–water partition coefficient (Wildman–Crippen LogP) is 3.89. The Morgan fingerprint density at radius 2 is 2.00 bits per heavy atom. The monoisotopic (exact) mass is 304 g/mol. The van der Waals surface area contributed by atoms with Gasteiger partial charge in [0, 0.05) is 29.6 Å². The topological polar surface area (TPSA) is 34.1 Å². The van der Waals surface area contributed by atoms with Crippen molar-refractivity contribution in [1.29, 1.82) is 0 Å². The van der Waals surface area contributed by atoms with Crippen molar-refractivity contribution in [3.63, 3.8) is 0 Å². The number of ether oxygens (including phenoxy) is 1. The van der Waals surface area contributed by atoms with Crippen LogP contribution in [0.3, 0.4) is 0 Å². The Balaban J connectivity index is 2.17. The van der Waals surface area contributed by atoms with Gasteiger partial charge in [0.1, 0.15) is 5.01 Å². The van der Waals surface area contributed by atoms with Gasteiger partial charge in [-0.2, -0.15) is 0 Å². The van der Waals surface area contributed by atoms with Crippen LogP contribution >= 0.6 is 11.3 Å². The first-order valence-corrected chi connectivity index (χ1v) is 8.37. The molecule has 1 N–H and O–H groups in total. The van der Waals surface area contributed by atoms with Crippen molar-refractivity contribution < 1.29 is 4.74 Å². The lowest BCUT2D eigenvalue weighted by atomic mass is 10.1. The molecule has 114 valence electrons. The molecule has 0 spiro atoms. The van der Waals surface area contributed by atoms with Gasteiger partial charge in [-0.1, -0.05) is 44.2 Å². The second-order valence-electron chi connectivity index (χ2n) is 5.24. The van der Waals surface area contributed by atoms with Gasteiger partial charge in [-0.05, 0) is 13.3 Å². The highest BCUT2D eigenvalue weighted by Gasteiger charge is 2.13. The average Bonchev–Trinajstić information content (AvgIpc) is 2.89. The van der Waals surface area contributed by atoms with Crippen LogP contribution in [0.4, 0.5) is 0 Å². The van der Waals surface area contributed by atoms with E-state index in [1.165, 1.54) is 10.4 Å². The van der Waals surface area contributed by atoms with Crippen molar-refractivity contribution in [3.05, 3.63) is 40.2 Å². The summed E-state index contributed by atoms with van der Waals surface area (Å²) in [4.78, 5) is 6.12. The number of rotatable bonds is 8. The largest absolute Gasteiger partial charge is 0.375 e. The fourth-order valence-electron chi connectivity index (χ4n) is 2.12. The van der Waals surface area contributed by atoms with Gasteiger partial charge < -0.3 is 10.1 Å². The summed E-state index contributed by atoms with van der Waals surface area (Å²) in [5.41, 5.74) is 2.30. The lowest BCUT2D eigenvalue weighted by molar-refractivity contribution is 0.134. The molecule has 0 saturated carbocycles. The van der Waals surface area contributed by atoms with E-state index in [2.05, 4.69) is 43.4 Å². The molecular weight excluding hydrogens is 280 g/mol. The van der Waals surface area contributed by atoms with E-state index in [0.29, 0.717) is 12.6 Å². The Morgan fingerprint density at radius 3 is 2.67 bits per heavy atom. The highest BCUT2D eigenvalue weighted by Crippen LogP contribution is 2.29. The lowest BCUT2D eigenvalue weighted by Gasteiger charge is -2.07. The maximum absolute atomic E-state index is 5.50. The maximum atomic E-state index is 5.50. The third-order valence-corrected chi connectivity index (χ3v) is 4.21. The summed E-state index contributed by atoms with van der Waals surface area (Å²) in [6.45, 7) is 8.67. The molecule has 0 saturated heterocycles. The summed E-state index contributed by atoms with van der Waals surface area (Å²) in [5, 5.41) is 4.54. The van der Waals surface area contributed by atoms with Crippen LogP contribution in [0.25, 0.3) is 11.3 Å². The molecule has 4 heteroatoms. The molecule has 1 aromatic carbocycles. The van der Waals surface area contributed by atoms with Crippen LogP contribution in [0.1, 0.15) is 30.7 Å². The number of hydrogen-bond acceptors (Lipinski definition) is 4. The summed E-state index contributed by atoms with van der Waals surface area (Å²) < 4.78 is 5.50. The highest BCUT2D eigenvalue weighted by molar-refractivity contribution is 7.12. The Morgan fingerprint density at radius 1 is 1.24 bits per heavy atom. The van der Waals surface area contributed by atoms with E-state index in [0.717, 1.165) is 30.3 Å². The van der Waals surface area contributed by atoms with Gasteiger partial charge in [-0.15, -0.1) is 11.3 Å². The molecule has 0 aliphatic heterocycles. The molecule has 21 heavy (non-hydrogen) atoms. The first-order chi connectivity index (χ1) is 10.2. The standard InChI is InChI=1S/C17H24N2OS/c1-4-20-12-16-19-17(14-8-6-5-7-9-14)15(21-16)10-11-18-13(2)3/h5-9,13,18H,4,10-12H2,1-3H3. The minimum absolute atomic E-state index is 0.515. The summed E-state index contributed by atoms with van der Waals surface area (Å²) in [6.07, 6.45) is 1.01. The molecule has 0 unspecified atom stereocenters. The Labute approximate surface area is 131 Å². The van der Waals surface area contributed by atoms with Crippen LogP contribution in [-0.4, -0.2) is 24.2 Å². The van der Waals surface area contributed by atoms with E-state index in [1.807, 2.05) is 13.0 Å². The third kappa shape index (κ3) is 4.92. The first-order valence-electron chi connectivity index (χ1n) is 7.55. The van der Waals surface area contributed by atoms with Gasteiger partial charge in [0.2, 0.25) is 0 Å². The quantitative estimate of drug-likeness (QED) is 0.803. The number of aromatic nitrogens is 1. The van der Waals surface area contributed by atoms with Crippen LogP contribution < -0.4 is 5.32 Å². The minimum atomic E-state index is 0.515. The molecule has 0 amide bonds. The summed E-state index contributed by atoms with van der Waals surface area (Å²) in [7, 11) is 0. The average molecular weight is 304 g/mol. The number of thiazole rings is 1. The fourth-order valence-corrected chi connectivity index (χ4v) is 3.14. The van der Waals surface area contributed by atoms with Gasteiger partial charge in [-0.3, -0.25) is 0 Å². The molecule has 2 rings (SSSR count). The highest BCUT2D eigenvalue weighted by atomic mass is 32.1. The van der Waals surface area contributed by atoms with E-state index in [1.54, 1.807) is 11.3 Å². The smallest absolute Gasteiger partial charge is 0.119 e. The second-order valence-corrected chi connectivity index (χ2v) is 6.41. The number of nitrogens with one attached hydrogen (secondary N) is 1. The lowest BCUT2D eigenvalue weighted by Crippen LogP contribution is -2.24. The first kappa shape index (κ1) is 16.1. The van der Waals surface area contributed by atoms with Crippen molar-refractivity contribution in [2.24, 2.45) is 0 Å². The maximum Gasteiger partial charge on any atom is 0.119 e. The van der Waals surface area contributed by atoms with E-state index in [4.69, 9.17) is 9.72 Å². The SMILES string of the molecule is CCOCc1nc(-c2ccccc2)c(CCNC(C)C)s1. The van der Waals surface area contributed by atoms with Gasteiger partial charge in [-0.25, -0.2) is 4.98 Å². The minimum Gasteiger partial charge on any atom is -0.375 e. The van der Waals surface area contributed by atoms with Crippen LogP contribution in [0.2, 0.25) is 0 Å². The molecule has 0 fully saturated rings. The second kappa shape index (κ2) is 8.27. The molecule has 0 aliphatic carbocycles. The number of benzene rings is 1. The van der Waals surface area contributed by atoms with Crippen molar-refractivity contribution in [2.75, 3.05) is 13.2 Å². The van der Waals surface area contributed by atoms with Crippen LogP contribution in [0.15, 0.2) is 30.3 Å². The van der Waals surface area contributed by atoms with Crippen molar-refractivity contribution in [1.82, 2.24) is 10.3 Å². The number of hydrogen-bond donors (Lipinski definition) is 1. The Kier molecular flexibility index (Phi) is 6.36. The Hall–Kier alpha value is -1.23. The molecule has 0 atom stereocenters. The van der Waals surface area contributed by atoms with E-state index >= 15 is 0 Å². The van der Waals surface area contributed by atoms with Crippen LogP contribution in [0.5, 0.6) is 0 Å². The van der Waals surface area contributed by atoms with Crippen molar-refractivity contribution in [3.8, 4) is 11.3 Å². The van der Waals surface area contributed by atoms with Crippen LogP contribution in [0, 0.1) is 0 Å². The normalized spacial score (nSPS) is 11.2. The zero-order chi connectivity index (χ0) is 15.1. The van der Waals surface area contributed by atoms with Gasteiger partial charge in [0.05, 0.1) is 12.3 Å². The predicted molar refractivity (Wildman–Crippen MR) is 89.7 cm³/mol. The molecule has 2 aromatic rings. The molecule has 0 aliphatic rings. The van der Waals surface area contributed by atoms with E-state index in [-0.39, 0.29) is 0 Å². The van der Waals surface area contributed by atoms with Gasteiger partial charge >= 0.3 is 0 Å². The molecular formula is C17H24N2OS. The summed E-state index contributed by atoms with van der Waals surface area (Å²) in [6, 6.07) is 10.9. The van der Waals surface area contributed by atoms with Crippen LogP contribution in [-0.2, 0) is 17.8 Å². The fraction of sp³-hybridized carbons (Fsp3) is 0.471. The zero-order valence-corrected chi connectivity index (χ0v) is 13.9. The molecule has 0 bridgehead atoms. The molecule has 1 aromatic heterocycles. The Bertz CT molecular complexity index is 537. The molecule has 1 heterocycles. The zero-order valence-electron chi connectivity index (χ0n) is 13.1. The summed E-state index contributed by atoms with van der Waals surface area (Å²) in [5.74, 6) is 0. The van der Waals surface area contributed by atoms with Crippen molar-refractivity contribution in [2.45, 2.75) is 39.8 Å². The third-order valence-electron chi connectivity index (χ3n) is 3.12. The number of nitrogens with zero attached hydrogens (tertiary/aromatic N) is 1. The molecule has 0 radical (unpaired) electrons. The van der Waals surface area contributed by atoms with Gasteiger partial charge in [0.15, 0.2) is 0 Å².